The van der Waals surface area contributed by atoms with Crippen LogP contribution in [0.2, 0.25) is 0 Å². The first-order valence-corrected chi connectivity index (χ1v) is 12.5. The van der Waals surface area contributed by atoms with Gasteiger partial charge in [-0.3, -0.25) is 9.69 Å². The van der Waals surface area contributed by atoms with E-state index in [9.17, 15) is 4.79 Å². The fraction of sp³-hybridized carbons (Fsp3) is 0.680. The average molecular weight is 462 g/mol. The minimum Gasteiger partial charge on any atom is -0.309 e. The molecule has 4 fully saturated rings. The van der Waals surface area contributed by atoms with Crippen LogP contribution < -0.4 is 4.90 Å². The number of amides is 1. The summed E-state index contributed by atoms with van der Waals surface area (Å²) in [6.45, 7) is 6.06. The van der Waals surface area contributed by atoms with Crippen molar-refractivity contribution in [3.8, 4) is 0 Å². The maximum atomic E-state index is 14.2. The van der Waals surface area contributed by atoms with Gasteiger partial charge in [-0.2, -0.15) is 0 Å². The smallest absolute Gasteiger partial charge is 0.235 e. The van der Waals surface area contributed by atoms with Crippen LogP contribution in [-0.4, -0.2) is 43.0 Å². The predicted molar refractivity (Wildman–Crippen MR) is 132 cm³/mol. The van der Waals surface area contributed by atoms with E-state index in [0.717, 1.165) is 67.2 Å². The first-order valence-electron chi connectivity index (χ1n) is 11.7. The van der Waals surface area contributed by atoms with E-state index in [1.807, 2.05) is 0 Å². The molecule has 4 saturated carbocycles. The summed E-state index contributed by atoms with van der Waals surface area (Å²) in [6, 6.07) is 4.35. The van der Waals surface area contributed by atoms with Gasteiger partial charge >= 0.3 is 0 Å². The molecule has 2 aromatic rings. The minimum absolute atomic E-state index is 0. The van der Waals surface area contributed by atoms with Gasteiger partial charge in [-0.05, 0) is 114 Å². The number of carbonyl (C=O) groups is 1. The van der Waals surface area contributed by atoms with Gasteiger partial charge in [0.25, 0.3) is 0 Å². The number of benzene rings is 1. The number of rotatable bonds is 6. The summed E-state index contributed by atoms with van der Waals surface area (Å²) in [5.74, 6) is 2.73. The molecule has 1 heterocycles. The van der Waals surface area contributed by atoms with Crippen LogP contribution in [0.15, 0.2) is 12.1 Å². The number of carbonyl (C=O) groups excluding carboxylic acids is 1. The van der Waals surface area contributed by atoms with Gasteiger partial charge in [0.05, 0.1) is 15.6 Å². The minimum atomic E-state index is -0.115. The lowest BCUT2D eigenvalue weighted by molar-refractivity contribution is -0.143. The summed E-state index contributed by atoms with van der Waals surface area (Å²) in [5, 5.41) is 0.915. The first kappa shape index (κ1) is 23.0. The maximum absolute atomic E-state index is 14.2. The van der Waals surface area contributed by atoms with Gasteiger partial charge in [0.2, 0.25) is 5.91 Å². The molecule has 170 valence electrons. The summed E-state index contributed by atoms with van der Waals surface area (Å²) < 4.78 is 1.20. The summed E-state index contributed by atoms with van der Waals surface area (Å²) in [5.41, 5.74) is 3.47. The number of anilines is 1. The molecule has 4 aliphatic carbocycles. The SMILES string of the molecule is Cc1ccc2sc(N(CCCN(C)C)C(=O)C34CC5CC(CC(C5)C3)C4)nc2c1C.Cl. The third-order valence-electron chi connectivity index (χ3n) is 8.03. The molecule has 1 aromatic carbocycles. The van der Waals surface area contributed by atoms with E-state index in [1.54, 1.807) is 11.3 Å². The summed E-state index contributed by atoms with van der Waals surface area (Å²) in [6.07, 6.45) is 8.44. The largest absolute Gasteiger partial charge is 0.309 e. The molecule has 0 radical (unpaired) electrons. The van der Waals surface area contributed by atoms with Crippen molar-refractivity contribution in [3.63, 3.8) is 0 Å². The maximum Gasteiger partial charge on any atom is 0.235 e. The zero-order valence-electron chi connectivity index (χ0n) is 19.3. The van der Waals surface area contributed by atoms with E-state index in [1.165, 1.54) is 35.1 Å². The zero-order valence-corrected chi connectivity index (χ0v) is 21.0. The van der Waals surface area contributed by atoms with Crippen LogP contribution in [0.3, 0.4) is 0 Å². The zero-order chi connectivity index (χ0) is 21.0. The molecule has 0 aliphatic heterocycles. The molecular weight excluding hydrogens is 426 g/mol. The number of aryl methyl sites for hydroxylation is 2. The average Bonchev–Trinajstić information content (AvgIpc) is 3.11. The van der Waals surface area contributed by atoms with Gasteiger partial charge in [0, 0.05) is 6.54 Å². The molecule has 0 spiro atoms. The molecular formula is C25H36ClN3OS. The second-order valence-electron chi connectivity index (χ2n) is 10.7. The predicted octanol–water partition coefficient (Wildman–Crippen LogP) is 5.84. The van der Waals surface area contributed by atoms with E-state index >= 15 is 0 Å². The molecule has 0 saturated heterocycles. The Hall–Kier alpha value is -1.17. The Morgan fingerprint density at radius 1 is 1.06 bits per heavy atom. The highest BCUT2D eigenvalue weighted by Crippen LogP contribution is 2.60. The summed E-state index contributed by atoms with van der Waals surface area (Å²) >= 11 is 1.70. The van der Waals surface area contributed by atoms with Crippen molar-refractivity contribution in [2.24, 2.45) is 23.2 Å². The number of thiazole rings is 1. The Bertz CT molecular complexity index is 934. The number of nitrogens with zero attached hydrogens (tertiary/aromatic N) is 3. The fourth-order valence-electron chi connectivity index (χ4n) is 6.82. The number of hydrogen-bond acceptors (Lipinski definition) is 4. The topological polar surface area (TPSA) is 36.4 Å². The van der Waals surface area contributed by atoms with Crippen molar-refractivity contribution in [3.05, 3.63) is 23.3 Å². The fourth-order valence-corrected chi connectivity index (χ4v) is 7.87. The van der Waals surface area contributed by atoms with Crippen molar-refractivity contribution >= 4 is 45.0 Å². The van der Waals surface area contributed by atoms with Crippen molar-refractivity contribution in [1.82, 2.24) is 9.88 Å². The third kappa shape index (κ3) is 4.14. The third-order valence-corrected chi connectivity index (χ3v) is 9.07. The van der Waals surface area contributed by atoms with Crippen LogP contribution in [0, 0.1) is 37.0 Å². The summed E-state index contributed by atoms with van der Waals surface area (Å²) in [7, 11) is 4.21. The highest BCUT2D eigenvalue weighted by atomic mass is 35.5. The van der Waals surface area contributed by atoms with E-state index in [2.05, 4.69) is 49.9 Å². The second-order valence-corrected chi connectivity index (χ2v) is 11.7. The van der Waals surface area contributed by atoms with Crippen molar-refractivity contribution in [1.29, 1.82) is 0 Å². The first-order chi connectivity index (χ1) is 14.3. The molecule has 1 aromatic heterocycles. The van der Waals surface area contributed by atoms with Crippen molar-refractivity contribution in [2.45, 2.75) is 58.8 Å². The van der Waals surface area contributed by atoms with Gasteiger partial charge in [0.1, 0.15) is 0 Å². The van der Waals surface area contributed by atoms with Crippen LogP contribution >= 0.6 is 23.7 Å². The molecule has 4 bridgehead atoms. The molecule has 6 heteroatoms. The van der Waals surface area contributed by atoms with Crippen molar-refractivity contribution in [2.75, 3.05) is 32.1 Å². The Kier molecular flexibility index (Phi) is 6.41. The number of hydrogen-bond donors (Lipinski definition) is 0. The van der Waals surface area contributed by atoms with Crippen LogP contribution in [0.4, 0.5) is 5.13 Å². The normalized spacial score (nSPS) is 28.9. The van der Waals surface area contributed by atoms with Gasteiger partial charge in [-0.1, -0.05) is 17.4 Å². The Labute approximate surface area is 196 Å². The Morgan fingerprint density at radius 3 is 2.26 bits per heavy atom. The van der Waals surface area contributed by atoms with E-state index < -0.39 is 0 Å². The lowest BCUT2D eigenvalue weighted by atomic mass is 9.49. The number of aromatic nitrogens is 1. The van der Waals surface area contributed by atoms with Gasteiger partial charge in [0.15, 0.2) is 5.13 Å². The van der Waals surface area contributed by atoms with E-state index in [4.69, 9.17) is 4.98 Å². The van der Waals surface area contributed by atoms with Gasteiger partial charge in [-0.15, -0.1) is 12.4 Å². The van der Waals surface area contributed by atoms with Crippen molar-refractivity contribution < 1.29 is 4.79 Å². The van der Waals surface area contributed by atoms with E-state index in [-0.39, 0.29) is 17.8 Å². The Morgan fingerprint density at radius 2 is 1.68 bits per heavy atom. The highest BCUT2D eigenvalue weighted by Gasteiger charge is 2.55. The molecule has 0 atom stereocenters. The second kappa shape index (κ2) is 8.64. The lowest BCUT2D eigenvalue weighted by Gasteiger charge is -2.56. The van der Waals surface area contributed by atoms with Crippen LogP contribution in [-0.2, 0) is 4.79 Å². The molecule has 1 amide bonds. The molecule has 4 aliphatic rings. The lowest BCUT2D eigenvalue weighted by Crippen LogP contribution is -2.55. The standard InChI is InChI=1S/C25H35N3OS.ClH/c1-16-6-7-21-22(17(16)2)26-24(30-21)28(9-5-8-27(3)4)23(29)25-13-18-10-19(14-25)12-20(11-18)15-25;/h6-7,18-20H,5,8-15H2,1-4H3;1H. The Balaban J connectivity index is 0.00000231. The molecule has 4 nitrogen and oxygen atoms in total. The monoisotopic (exact) mass is 461 g/mol. The van der Waals surface area contributed by atoms with Crippen LogP contribution in [0.25, 0.3) is 10.2 Å². The van der Waals surface area contributed by atoms with Gasteiger partial charge < -0.3 is 4.90 Å². The number of fused-ring (bicyclic) bond motifs is 1. The highest BCUT2D eigenvalue weighted by molar-refractivity contribution is 7.22. The quantitative estimate of drug-likeness (QED) is 0.542. The van der Waals surface area contributed by atoms with Crippen LogP contribution in [0.1, 0.15) is 56.1 Å². The molecule has 6 rings (SSSR count). The number of halogens is 1. The molecule has 0 unspecified atom stereocenters. The van der Waals surface area contributed by atoms with Gasteiger partial charge in [-0.25, -0.2) is 4.98 Å². The summed E-state index contributed by atoms with van der Waals surface area (Å²) in [4.78, 5) is 23.5. The molecule has 31 heavy (non-hydrogen) atoms. The van der Waals surface area contributed by atoms with Crippen LogP contribution in [0.5, 0.6) is 0 Å². The molecule has 0 N–H and O–H groups in total. The van der Waals surface area contributed by atoms with E-state index in [0.29, 0.717) is 5.91 Å².